The summed E-state index contributed by atoms with van der Waals surface area (Å²) in [6.45, 7) is 13.8. The van der Waals surface area contributed by atoms with Gasteiger partial charge in [-0.1, -0.05) is 0 Å². The van der Waals surface area contributed by atoms with Crippen molar-refractivity contribution in [3.63, 3.8) is 0 Å². The molecule has 0 radical (unpaired) electrons. The Morgan fingerprint density at radius 2 is 1.76 bits per heavy atom. The summed E-state index contributed by atoms with van der Waals surface area (Å²) < 4.78 is 0. The average Bonchev–Trinajstić information content (AvgIpc) is 2.42. The molecule has 1 aromatic rings. The van der Waals surface area contributed by atoms with E-state index >= 15 is 0 Å². The van der Waals surface area contributed by atoms with Gasteiger partial charge in [0.25, 0.3) is 0 Å². The second-order valence-corrected chi connectivity index (χ2v) is 7.24. The molecule has 1 aliphatic heterocycles. The van der Waals surface area contributed by atoms with Crippen LogP contribution in [0.3, 0.4) is 0 Å². The second-order valence-electron chi connectivity index (χ2n) is 7.24. The standard InChI is InChI=1S/C16H29N5/c1-12-10-21(11-13(2)20(12)6)15-9-17-14(7-18-15)8-19-16(3,4)5/h7,9,12-13,19H,8,10-11H2,1-6H3. The van der Waals surface area contributed by atoms with Crippen molar-refractivity contribution in [1.82, 2.24) is 20.2 Å². The van der Waals surface area contributed by atoms with E-state index in [9.17, 15) is 0 Å². The van der Waals surface area contributed by atoms with Crippen LogP contribution in [0.5, 0.6) is 0 Å². The molecule has 0 bridgehead atoms. The molecular formula is C16H29N5. The molecule has 5 nitrogen and oxygen atoms in total. The minimum Gasteiger partial charge on any atom is -0.352 e. The van der Waals surface area contributed by atoms with Crippen LogP contribution in [0, 0.1) is 0 Å². The SMILES string of the molecule is CC1CN(c2cnc(CNC(C)(C)C)cn2)CC(C)N1C. The predicted octanol–water partition coefficient (Wildman–Crippen LogP) is 1.89. The van der Waals surface area contributed by atoms with Crippen LogP contribution >= 0.6 is 0 Å². The van der Waals surface area contributed by atoms with E-state index in [-0.39, 0.29) is 5.54 Å². The Labute approximate surface area is 128 Å². The summed E-state index contributed by atoms with van der Waals surface area (Å²) in [6.07, 6.45) is 3.80. The van der Waals surface area contributed by atoms with E-state index in [4.69, 9.17) is 0 Å². The third-order valence-corrected chi connectivity index (χ3v) is 4.18. The fourth-order valence-electron chi connectivity index (χ4n) is 2.55. The van der Waals surface area contributed by atoms with Gasteiger partial charge in [0.2, 0.25) is 0 Å². The zero-order valence-corrected chi connectivity index (χ0v) is 14.2. The van der Waals surface area contributed by atoms with Crippen LogP contribution in [-0.2, 0) is 6.54 Å². The molecule has 1 saturated heterocycles. The normalized spacial score (nSPS) is 24.4. The van der Waals surface area contributed by atoms with E-state index in [0.717, 1.165) is 31.1 Å². The number of aromatic nitrogens is 2. The van der Waals surface area contributed by atoms with Gasteiger partial charge in [0.1, 0.15) is 5.82 Å². The average molecular weight is 291 g/mol. The molecule has 21 heavy (non-hydrogen) atoms. The van der Waals surface area contributed by atoms with Gasteiger partial charge >= 0.3 is 0 Å². The van der Waals surface area contributed by atoms with Crippen molar-refractivity contribution < 1.29 is 0 Å². The zero-order chi connectivity index (χ0) is 15.6. The molecule has 0 aliphatic carbocycles. The number of rotatable bonds is 3. The molecular weight excluding hydrogens is 262 g/mol. The summed E-state index contributed by atoms with van der Waals surface area (Å²) >= 11 is 0. The van der Waals surface area contributed by atoms with Crippen molar-refractivity contribution in [3.05, 3.63) is 18.1 Å². The van der Waals surface area contributed by atoms with Gasteiger partial charge in [-0.25, -0.2) is 4.98 Å². The lowest BCUT2D eigenvalue weighted by Gasteiger charge is -2.42. The Hall–Kier alpha value is -1.20. The lowest BCUT2D eigenvalue weighted by atomic mass is 10.1. The first-order chi connectivity index (χ1) is 9.76. The number of piperazine rings is 1. The lowest BCUT2D eigenvalue weighted by molar-refractivity contribution is 0.169. The van der Waals surface area contributed by atoms with Gasteiger partial charge in [-0.2, -0.15) is 0 Å². The van der Waals surface area contributed by atoms with Crippen LogP contribution in [0.2, 0.25) is 0 Å². The molecule has 1 fully saturated rings. The summed E-state index contributed by atoms with van der Waals surface area (Å²) in [5, 5.41) is 3.43. The summed E-state index contributed by atoms with van der Waals surface area (Å²) in [6, 6.07) is 1.08. The Balaban J connectivity index is 1.99. The number of hydrogen-bond donors (Lipinski definition) is 1. The highest BCUT2D eigenvalue weighted by Crippen LogP contribution is 2.18. The summed E-state index contributed by atoms with van der Waals surface area (Å²) in [5.74, 6) is 0.987. The molecule has 2 heterocycles. The predicted molar refractivity (Wildman–Crippen MR) is 87.5 cm³/mol. The quantitative estimate of drug-likeness (QED) is 0.921. The van der Waals surface area contributed by atoms with Crippen LogP contribution in [-0.4, -0.2) is 52.6 Å². The summed E-state index contributed by atoms with van der Waals surface area (Å²) in [4.78, 5) is 13.9. The van der Waals surface area contributed by atoms with E-state index in [2.05, 4.69) is 66.8 Å². The van der Waals surface area contributed by atoms with Crippen molar-refractivity contribution in [1.29, 1.82) is 0 Å². The number of anilines is 1. The van der Waals surface area contributed by atoms with Crippen molar-refractivity contribution in [2.45, 2.75) is 58.8 Å². The number of likely N-dealkylation sites (N-methyl/N-ethyl adjacent to an activating group) is 1. The maximum Gasteiger partial charge on any atom is 0.147 e. The maximum atomic E-state index is 4.60. The number of nitrogens with one attached hydrogen (secondary N) is 1. The number of hydrogen-bond acceptors (Lipinski definition) is 5. The minimum absolute atomic E-state index is 0.0999. The highest BCUT2D eigenvalue weighted by Gasteiger charge is 2.27. The topological polar surface area (TPSA) is 44.3 Å². The van der Waals surface area contributed by atoms with Gasteiger partial charge in [0, 0.05) is 37.3 Å². The van der Waals surface area contributed by atoms with Crippen molar-refractivity contribution in [2.75, 3.05) is 25.0 Å². The smallest absolute Gasteiger partial charge is 0.147 e. The van der Waals surface area contributed by atoms with Gasteiger partial charge in [0.05, 0.1) is 18.1 Å². The molecule has 1 aromatic heterocycles. The summed E-state index contributed by atoms with van der Waals surface area (Å²) in [7, 11) is 2.19. The molecule has 118 valence electrons. The molecule has 0 amide bonds. The first-order valence-corrected chi connectivity index (χ1v) is 7.79. The fourth-order valence-corrected chi connectivity index (χ4v) is 2.55. The largest absolute Gasteiger partial charge is 0.352 e. The second kappa shape index (κ2) is 6.28. The summed E-state index contributed by atoms with van der Waals surface area (Å²) in [5.41, 5.74) is 1.09. The lowest BCUT2D eigenvalue weighted by Crippen LogP contribution is -2.55. The molecule has 5 heteroatoms. The molecule has 1 aliphatic rings. The Morgan fingerprint density at radius 3 is 2.24 bits per heavy atom. The van der Waals surface area contributed by atoms with Gasteiger partial charge in [0.15, 0.2) is 0 Å². The first-order valence-electron chi connectivity index (χ1n) is 7.79. The molecule has 2 unspecified atom stereocenters. The van der Waals surface area contributed by atoms with Crippen LogP contribution in [0.4, 0.5) is 5.82 Å². The first kappa shape index (κ1) is 16.2. The van der Waals surface area contributed by atoms with E-state index in [0.29, 0.717) is 12.1 Å². The van der Waals surface area contributed by atoms with Crippen molar-refractivity contribution in [3.8, 4) is 0 Å². The van der Waals surface area contributed by atoms with Crippen molar-refractivity contribution in [2.24, 2.45) is 0 Å². The van der Waals surface area contributed by atoms with Gasteiger partial charge in [-0.3, -0.25) is 9.88 Å². The number of nitrogens with zero attached hydrogens (tertiary/aromatic N) is 4. The molecule has 1 N–H and O–H groups in total. The highest BCUT2D eigenvalue weighted by molar-refractivity contribution is 5.37. The third kappa shape index (κ3) is 4.38. The van der Waals surface area contributed by atoms with Crippen LogP contribution < -0.4 is 10.2 Å². The Kier molecular flexibility index (Phi) is 4.84. The van der Waals surface area contributed by atoms with E-state index in [1.807, 2.05) is 12.4 Å². The minimum atomic E-state index is 0.0999. The zero-order valence-electron chi connectivity index (χ0n) is 14.2. The molecule has 0 saturated carbocycles. The Bertz CT molecular complexity index is 439. The van der Waals surface area contributed by atoms with E-state index in [1.165, 1.54) is 0 Å². The van der Waals surface area contributed by atoms with Gasteiger partial charge in [-0.15, -0.1) is 0 Å². The van der Waals surface area contributed by atoms with Gasteiger partial charge < -0.3 is 10.2 Å². The Morgan fingerprint density at radius 1 is 1.14 bits per heavy atom. The third-order valence-electron chi connectivity index (χ3n) is 4.18. The fraction of sp³-hybridized carbons (Fsp3) is 0.750. The van der Waals surface area contributed by atoms with E-state index < -0.39 is 0 Å². The van der Waals surface area contributed by atoms with Crippen LogP contribution in [0.25, 0.3) is 0 Å². The molecule has 2 rings (SSSR count). The van der Waals surface area contributed by atoms with Crippen LogP contribution in [0.1, 0.15) is 40.3 Å². The monoisotopic (exact) mass is 291 g/mol. The van der Waals surface area contributed by atoms with Crippen molar-refractivity contribution >= 4 is 5.82 Å². The highest BCUT2D eigenvalue weighted by atomic mass is 15.3. The maximum absolute atomic E-state index is 4.60. The molecule has 2 atom stereocenters. The molecule has 0 spiro atoms. The van der Waals surface area contributed by atoms with Gasteiger partial charge in [-0.05, 0) is 41.7 Å². The van der Waals surface area contributed by atoms with Crippen LogP contribution in [0.15, 0.2) is 12.4 Å². The molecule has 0 aromatic carbocycles. The van der Waals surface area contributed by atoms with E-state index in [1.54, 1.807) is 0 Å².